The highest BCUT2D eigenvalue weighted by Crippen LogP contribution is 2.30. The van der Waals surface area contributed by atoms with Gasteiger partial charge in [0, 0.05) is 18.8 Å². The zero-order chi connectivity index (χ0) is 22.3. The third-order valence-electron chi connectivity index (χ3n) is 4.13. The number of nitrogens with zero attached hydrogens (tertiary/aromatic N) is 5. The second-order valence-corrected chi connectivity index (χ2v) is 9.37. The number of thioether (sulfide) groups is 1. The minimum atomic E-state index is -3.75. The topological polar surface area (TPSA) is 119 Å². The third-order valence-corrected chi connectivity index (χ3v) is 7.14. The molecule has 2 aromatic rings. The smallest absolute Gasteiger partial charge is 0.246 e. The van der Waals surface area contributed by atoms with Gasteiger partial charge in [-0.2, -0.15) is 4.31 Å². The van der Waals surface area contributed by atoms with Crippen molar-refractivity contribution in [1.29, 1.82) is 0 Å². The lowest BCUT2D eigenvalue weighted by atomic mass is 10.3. The molecule has 0 aliphatic rings. The van der Waals surface area contributed by atoms with Crippen molar-refractivity contribution in [3.63, 3.8) is 0 Å². The summed E-state index contributed by atoms with van der Waals surface area (Å²) in [7, 11) is -3.75. The molecule has 1 heterocycles. The van der Waals surface area contributed by atoms with Crippen LogP contribution < -0.4 is 10.1 Å². The van der Waals surface area contributed by atoms with Crippen molar-refractivity contribution in [2.24, 2.45) is 0 Å². The molecule has 0 aliphatic carbocycles. The van der Waals surface area contributed by atoms with Gasteiger partial charge in [-0.3, -0.25) is 4.79 Å². The van der Waals surface area contributed by atoms with Gasteiger partial charge in [0.1, 0.15) is 10.6 Å². The highest BCUT2D eigenvalue weighted by molar-refractivity contribution is 7.99. The van der Waals surface area contributed by atoms with Crippen LogP contribution in [0.5, 0.6) is 5.75 Å². The van der Waals surface area contributed by atoms with Gasteiger partial charge in [-0.1, -0.05) is 25.6 Å². The van der Waals surface area contributed by atoms with E-state index in [4.69, 9.17) is 4.74 Å². The second kappa shape index (κ2) is 10.7. The van der Waals surface area contributed by atoms with Gasteiger partial charge in [0.05, 0.1) is 18.4 Å². The number of carbonyl (C=O) groups is 1. The SMILES string of the molecule is CCOc1ccc(NC(=O)CSc2nnnn2C(C)C)cc1S(=O)(=O)N(CC)CC. The van der Waals surface area contributed by atoms with Crippen LogP contribution >= 0.6 is 11.8 Å². The molecule has 2 rings (SSSR count). The molecule has 12 heteroatoms. The Labute approximate surface area is 181 Å². The zero-order valence-electron chi connectivity index (χ0n) is 17.8. The van der Waals surface area contributed by atoms with E-state index in [-0.39, 0.29) is 28.3 Å². The fourth-order valence-corrected chi connectivity index (χ4v) is 5.12. The number of aromatic nitrogens is 4. The van der Waals surface area contributed by atoms with Gasteiger partial charge in [-0.15, -0.1) is 5.10 Å². The normalized spacial score (nSPS) is 11.8. The number of carbonyl (C=O) groups excluding carboxylic acids is 1. The van der Waals surface area contributed by atoms with Gasteiger partial charge >= 0.3 is 0 Å². The van der Waals surface area contributed by atoms with Gasteiger partial charge in [0.25, 0.3) is 0 Å². The second-order valence-electron chi connectivity index (χ2n) is 6.52. The molecule has 0 saturated heterocycles. The molecule has 0 radical (unpaired) electrons. The number of ether oxygens (including phenoxy) is 1. The first-order chi connectivity index (χ1) is 14.2. The van der Waals surface area contributed by atoms with Crippen molar-refractivity contribution in [3.8, 4) is 5.75 Å². The first-order valence-electron chi connectivity index (χ1n) is 9.72. The summed E-state index contributed by atoms with van der Waals surface area (Å²) >= 11 is 1.21. The summed E-state index contributed by atoms with van der Waals surface area (Å²) in [5.41, 5.74) is 0.373. The van der Waals surface area contributed by atoms with Crippen molar-refractivity contribution in [2.45, 2.75) is 50.7 Å². The molecule has 1 aromatic heterocycles. The van der Waals surface area contributed by atoms with Crippen LogP contribution in [-0.2, 0) is 14.8 Å². The predicted octanol–water partition coefficient (Wildman–Crippen LogP) is 2.41. The van der Waals surface area contributed by atoms with Crippen LogP contribution in [0.3, 0.4) is 0 Å². The molecule has 1 aromatic carbocycles. The van der Waals surface area contributed by atoms with Crippen LogP contribution in [0.15, 0.2) is 28.3 Å². The van der Waals surface area contributed by atoms with Gasteiger partial charge < -0.3 is 10.1 Å². The van der Waals surface area contributed by atoms with Gasteiger partial charge in [-0.05, 0) is 49.4 Å². The van der Waals surface area contributed by atoms with Crippen LogP contribution in [0.2, 0.25) is 0 Å². The Hall–Kier alpha value is -2.18. The molecule has 0 unspecified atom stereocenters. The zero-order valence-corrected chi connectivity index (χ0v) is 19.5. The summed E-state index contributed by atoms with van der Waals surface area (Å²) in [6.07, 6.45) is 0. The summed E-state index contributed by atoms with van der Waals surface area (Å²) in [6.45, 7) is 10.2. The number of anilines is 1. The van der Waals surface area contributed by atoms with E-state index in [0.29, 0.717) is 30.5 Å². The van der Waals surface area contributed by atoms with E-state index in [2.05, 4.69) is 20.8 Å². The average Bonchev–Trinajstić information content (AvgIpc) is 3.17. The van der Waals surface area contributed by atoms with E-state index < -0.39 is 10.0 Å². The van der Waals surface area contributed by atoms with Gasteiger partial charge in [-0.25, -0.2) is 13.1 Å². The number of nitrogens with one attached hydrogen (secondary N) is 1. The Morgan fingerprint density at radius 3 is 2.57 bits per heavy atom. The van der Waals surface area contributed by atoms with Crippen LogP contribution in [0, 0.1) is 0 Å². The van der Waals surface area contributed by atoms with Crippen molar-refractivity contribution in [3.05, 3.63) is 18.2 Å². The molecule has 0 atom stereocenters. The monoisotopic (exact) mass is 456 g/mol. The van der Waals surface area contributed by atoms with E-state index in [9.17, 15) is 13.2 Å². The molecule has 166 valence electrons. The highest BCUT2D eigenvalue weighted by atomic mass is 32.2. The maximum absolute atomic E-state index is 13.0. The van der Waals surface area contributed by atoms with Crippen LogP contribution in [0.1, 0.15) is 40.7 Å². The summed E-state index contributed by atoms with van der Waals surface area (Å²) in [5.74, 6) is 0.0415. The van der Waals surface area contributed by atoms with Crippen molar-refractivity contribution in [1.82, 2.24) is 24.5 Å². The molecule has 0 bridgehead atoms. The molecule has 0 aliphatic heterocycles. The first kappa shape index (κ1) is 24.1. The van der Waals surface area contributed by atoms with E-state index >= 15 is 0 Å². The van der Waals surface area contributed by atoms with E-state index in [1.807, 2.05) is 13.8 Å². The number of hydrogen-bond acceptors (Lipinski definition) is 8. The lowest BCUT2D eigenvalue weighted by Crippen LogP contribution is -2.31. The highest BCUT2D eigenvalue weighted by Gasteiger charge is 2.26. The average molecular weight is 457 g/mol. The molecular weight excluding hydrogens is 428 g/mol. The number of rotatable bonds is 11. The minimum absolute atomic E-state index is 0.0299. The summed E-state index contributed by atoms with van der Waals surface area (Å²) < 4.78 is 34.5. The molecular formula is C18H28N6O4S2. The third kappa shape index (κ3) is 5.70. The van der Waals surface area contributed by atoms with E-state index in [1.165, 1.54) is 22.1 Å². The molecule has 0 saturated carbocycles. The van der Waals surface area contributed by atoms with Crippen molar-refractivity contribution < 1.29 is 17.9 Å². The lowest BCUT2D eigenvalue weighted by molar-refractivity contribution is -0.113. The van der Waals surface area contributed by atoms with Crippen molar-refractivity contribution in [2.75, 3.05) is 30.8 Å². The van der Waals surface area contributed by atoms with E-state index in [1.54, 1.807) is 37.6 Å². The number of benzene rings is 1. The molecule has 0 spiro atoms. The number of hydrogen-bond donors (Lipinski definition) is 1. The van der Waals surface area contributed by atoms with Gasteiger partial charge in [0.2, 0.25) is 21.1 Å². The van der Waals surface area contributed by atoms with Gasteiger partial charge in [0.15, 0.2) is 0 Å². The molecule has 10 nitrogen and oxygen atoms in total. The Morgan fingerprint density at radius 1 is 1.27 bits per heavy atom. The largest absolute Gasteiger partial charge is 0.492 e. The van der Waals surface area contributed by atoms with Crippen LogP contribution in [0.4, 0.5) is 5.69 Å². The minimum Gasteiger partial charge on any atom is -0.492 e. The fourth-order valence-electron chi connectivity index (χ4n) is 2.70. The number of sulfonamides is 1. The van der Waals surface area contributed by atoms with Crippen molar-refractivity contribution >= 4 is 33.4 Å². The first-order valence-corrected chi connectivity index (χ1v) is 12.1. The summed E-state index contributed by atoms with van der Waals surface area (Å²) in [5, 5.41) is 14.7. The Bertz CT molecular complexity index is 957. The summed E-state index contributed by atoms with van der Waals surface area (Å²) in [6, 6.07) is 4.68. The predicted molar refractivity (Wildman–Crippen MR) is 115 cm³/mol. The number of tetrazole rings is 1. The molecule has 30 heavy (non-hydrogen) atoms. The molecule has 1 N–H and O–H groups in total. The number of amides is 1. The summed E-state index contributed by atoms with van der Waals surface area (Å²) in [4.78, 5) is 12.4. The molecule has 1 amide bonds. The molecule has 0 fully saturated rings. The van der Waals surface area contributed by atoms with E-state index in [0.717, 1.165) is 0 Å². The van der Waals surface area contributed by atoms with Crippen LogP contribution in [0.25, 0.3) is 0 Å². The van der Waals surface area contributed by atoms with Crippen LogP contribution in [-0.4, -0.2) is 64.3 Å². The Morgan fingerprint density at radius 2 is 1.97 bits per heavy atom. The standard InChI is InChI=1S/C18H28N6O4S2/c1-6-23(7-2)30(26,27)16-11-14(9-10-15(16)28-8-3)19-17(25)12-29-18-20-21-22-24(18)13(4)5/h9-11,13H,6-8,12H2,1-5H3,(H,19,25). The Balaban J connectivity index is 2.19. The fraction of sp³-hybridized carbons (Fsp3) is 0.556. The maximum Gasteiger partial charge on any atom is 0.246 e. The lowest BCUT2D eigenvalue weighted by Gasteiger charge is -2.21. The maximum atomic E-state index is 13.0. The quantitative estimate of drug-likeness (QED) is 0.512. The Kier molecular flexibility index (Phi) is 8.62.